The predicted molar refractivity (Wildman–Crippen MR) is 73.9 cm³/mol. The van der Waals surface area contributed by atoms with Crippen LogP contribution in [0.5, 0.6) is 0 Å². The lowest BCUT2D eigenvalue weighted by molar-refractivity contribution is 0.193. The maximum Gasteiger partial charge on any atom is 0.186 e. The van der Waals surface area contributed by atoms with Gasteiger partial charge < -0.3 is 4.43 Å². The van der Waals surface area contributed by atoms with Gasteiger partial charge in [-0.25, -0.2) is 0 Å². The molecule has 0 bridgehead atoms. The molecule has 0 N–H and O–H groups in total. The third-order valence-electron chi connectivity index (χ3n) is 2.13. The van der Waals surface area contributed by atoms with Crippen molar-refractivity contribution in [1.82, 2.24) is 0 Å². The van der Waals surface area contributed by atoms with E-state index in [0.717, 1.165) is 5.56 Å². The Bertz CT molecular complexity index is 428. The quantitative estimate of drug-likeness (QED) is 0.755. The molecule has 0 radical (unpaired) electrons. The average molecular weight is 245 g/mol. The van der Waals surface area contributed by atoms with Crippen LogP contribution in [0, 0.1) is 11.3 Å². The molecule has 90 valence electrons. The summed E-state index contributed by atoms with van der Waals surface area (Å²) in [6.07, 6.45) is 3.77. The summed E-state index contributed by atoms with van der Waals surface area (Å²) >= 11 is 0. The molecule has 2 nitrogen and oxygen atoms in total. The highest BCUT2D eigenvalue weighted by atomic mass is 28.4. The van der Waals surface area contributed by atoms with Crippen molar-refractivity contribution in [1.29, 1.82) is 5.26 Å². The van der Waals surface area contributed by atoms with E-state index < -0.39 is 13.9 Å². The molecule has 0 aliphatic carbocycles. The minimum atomic E-state index is -1.73. The van der Waals surface area contributed by atoms with Crippen LogP contribution in [-0.2, 0) is 4.43 Å². The molecule has 0 aromatic heterocycles. The molecule has 0 saturated heterocycles. The summed E-state index contributed by atoms with van der Waals surface area (Å²) in [5.74, 6) is 0. The molecule has 3 heteroatoms. The molecule has 17 heavy (non-hydrogen) atoms. The molecule has 1 aromatic carbocycles. The van der Waals surface area contributed by atoms with E-state index in [2.05, 4.69) is 25.7 Å². The van der Waals surface area contributed by atoms with Gasteiger partial charge in [0, 0.05) is 0 Å². The topological polar surface area (TPSA) is 33.0 Å². The maximum absolute atomic E-state index is 9.22. The number of hydrogen-bond acceptors (Lipinski definition) is 2. The Hall–Kier alpha value is -1.37. The minimum Gasteiger partial charge on any atom is -0.397 e. The summed E-state index contributed by atoms with van der Waals surface area (Å²) < 4.78 is 5.89. The molecular weight excluding hydrogens is 226 g/mol. The van der Waals surface area contributed by atoms with Gasteiger partial charge in [0.15, 0.2) is 13.9 Å². The van der Waals surface area contributed by atoms with E-state index in [1.54, 1.807) is 0 Å². The van der Waals surface area contributed by atoms with Crippen LogP contribution in [0.1, 0.15) is 12.5 Å². The van der Waals surface area contributed by atoms with Crippen LogP contribution in [-0.4, -0.2) is 13.9 Å². The number of nitriles is 1. The molecule has 0 fully saturated rings. The second kappa shape index (κ2) is 5.31. The molecule has 0 amide bonds. The van der Waals surface area contributed by atoms with Gasteiger partial charge >= 0.3 is 0 Å². The van der Waals surface area contributed by atoms with E-state index >= 15 is 0 Å². The summed E-state index contributed by atoms with van der Waals surface area (Å²) in [4.78, 5) is 0. The molecule has 0 aliphatic rings. The Balaban J connectivity index is 2.84. The molecule has 0 heterocycles. The van der Waals surface area contributed by atoms with Crippen LogP contribution in [0.4, 0.5) is 0 Å². The fourth-order valence-electron chi connectivity index (χ4n) is 1.55. The van der Waals surface area contributed by atoms with Gasteiger partial charge in [0.05, 0.1) is 0 Å². The van der Waals surface area contributed by atoms with Gasteiger partial charge in [-0.05, 0) is 38.2 Å². The minimum absolute atomic E-state index is 0.833. The van der Waals surface area contributed by atoms with Crippen LogP contribution in [0.3, 0.4) is 0 Å². The van der Waals surface area contributed by atoms with Crippen molar-refractivity contribution >= 4 is 14.4 Å². The third kappa shape index (κ3) is 4.99. The Morgan fingerprint density at radius 2 is 1.82 bits per heavy atom. The molecule has 0 spiro atoms. The standard InChI is InChI=1S/C14H19NOSi/c1-14(12-15,16-17(2,3)4)11-10-13-8-6-5-7-9-13/h5-11H,1-4H3/b11-10+/t14-/m1/s1. The summed E-state index contributed by atoms with van der Waals surface area (Å²) in [6, 6.07) is 12.2. The summed E-state index contributed by atoms with van der Waals surface area (Å²) in [6.45, 7) is 8.06. The Kier molecular flexibility index (Phi) is 4.27. The van der Waals surface area contributed by atoms with Gasteiger partial charge in [-0.2, -0.15) is 5.26 Å². The third-order valence-corrected chi connectivity index (χ3v) is 3.17. The lowest BCUT2D eigenvalue weighted by atomic mass is 10.1. The molecule has 1 rings (SSSR count). The van der Waals surface area contributed by atoms with Gasteiger partial charge in [0.25, 0.3) is 0 Å². The van der Waals surface area contributed by atoms with Crippen molar-refractivity contribution in [3.8, 4) is 6.07 Å². The lowest BCUT2D eigenvalue weighted by Crippen LogP contribution is -2.38. The van der Waals surface area contributed by atoms with Gasteiger partial charge in [0.1, 0.15) is 6.07 Å². The van der Waals surface area contributed by atoms with Crippen molar-refractivity contribution < 1.29 is 4.43 Å². The van der Waals surface area contributed by atoms with Gasteiger partial charge in [-0.3, -0.25) is 0 Å². The van der Waals surface area contributed by atoms with E-state index in [-0.39, 0.29) is 0 Å². The Morgan fingerprint density at radius 3 is 2.29 bits per heavy atom. The van der Waals surface area contributed by atoms with E-state index in [1.807, 2.05) is 49.4 Å². The van der Waals surface area contributed by atoms with E-state index in [4.69, 9.17) is 4.43 Å². The van der Waals surface area contributed by atoms with E-state index in [1.165, 1.54) is 0 Å². The fourth-order valence-corrected chi connectivity index (χ4v) is 2.94. The van der Waals surface area contributed by atoms with E-state index in [0.29, 0.717) is 0 Å². The normalized spacial score (nSPS) is 15.5. The number of benzene rings is 1. The summed E-state index contributed by atoms with van der Waals surface area (Å²) in [5.41, 5.74) is 0.244. The molecule has 0 unspecified atom stereocenters. The summed E-state index contributed by atoms with van der Waals surface area (Å²) in [5, 5.41) is 9.22. The molecule has 1 aromatic rings. The maximum atomic E-state index is 9.22. The predicted octanol–water partition coefficient (Wildman–Crippen LogP) is 3.83. The van der Waals surface area contributed by atoms with Crippen molar-refractivity contribution in [2.45, 2.75) is 32.2 Å². The number of hydrogen-bond donors (Lipinski definition) is 0. The molecule has 0 aliphatic heterocycles. The average Bonchev–Trinajstić information content (AvgIpc) is 2.26. The molecular formula is C14H19NOSi. The Labute approximate surface area is 105 Å². The van der Waals surface area contributed by atoms with Crippen molar-refractivity contribution in [2.75, 3.05) is 0 Å². The first-order chi connectivity index (χ1) is 7.85. The van der Waals surface area contributed by atoms with Crippen LogP contribution in [0.25, 0.3) is 6.08 Å². The monoisotopic (exact) mass is 245 g/mol. The highest BCUT2D eigenvalue weighted by molar-refractivity contribution is 6.69. The van der Waals surface area contributed by atoms with Crippen molar-refractivity contribution in [3.63, 3.8) is 0 Å². The van der Waals surface area contributed by atoms with Gasteiger partial charge in [0.2, 0.25) is 0 Å². The largest absolute Gasteiger partial charge is 0.397 e. The fraction of sp³-hybridized carbons (Fsp3) is 0.357. The SMILES string of the molecule is C[C@](C#N)(/C=C/c1ccccc1)O[Si](C)(C)C. The van der Waals surface area contributed by atoms with E-state index in [9.17, 15) is 5.26 Å². The zero-order valence-electron chi connectivity index (χ0n) is 10.9. The van der Waals surface area contributed by atoms with Crippen molar-refractivity contribution in [2.24, 2.45) is 0 Å². The highest BCUT2D eigenvalue weighted by Crippen LogP contribution is 2.19. The lowest BCUT2D eigenvalue weighted by Gasteiger charge is -2.27. The van der Waals surface area contributed by atoms with Crippen LogP contribution in [0.2, 0.25) is 19.6 Å². The van der Waals surface area contributed by atoms with Gasteiger partial charge in [-0.15, -0.1) is 0 Å². The van der Waals surface area contributed by atoms with Gasteiger partial charge in [-0.1, -0.05) is 36.4 Å². The van der Waals surface area contributed by atoms with Crippen LogP contribution < -0.4 is 0 Å². The number of rotatable bonds is 4. The molecule has 0 saturated carbocycles. The van der Waals surface area contributed by atoms with Crippen molar-refractivity contribution in [3.05, 3.63) is 42.0 Å². The second-order valence-electron chi connectivity index (χ2n) is 5.18. The second-order valence-corrected chi connectivity index (χ2v) is 9.61. The highest BCUT2D eigenvalue weighted by Gasteiger charge is 2.28. The first-order valence-electron chi connectivity index (χ1n) is 5.70. The summed E-state index contributed by atoms with van der Waals surface area (Å²) in [7, 11) is -1.73. The van der Waals surface area contributed by atoms with Crippen LogP contribution >= 0.6 is 0 Å². The zero-order chi connectivity index (χ0) is 12.9. The first kappa shape index (κ1) is 13.7. The first-order valence-corrected chi connectivity index (χ1v) is 9.11. The van der Waals surface area contributed by atoms with Crippen LogP contribution in [0.15, 0.2) is 36.4 Å². The smallest absolute Gasteiger partial charge is 0.186 e. The number of nitrogens with zero attached hydrogens (tertiary/aromatic N) is 1. The Morgan fingerprint density at radius 1 is 1.24 bits per heavy atom. The molecule has 1 atom stereocenters. The zero-order valence-corrected chi connectivity index (χ0v) is 11.9.